The van der Waals surface area contributed by atoms with Gasteiger partial charge in [-0.1, -0.05) is 6.07 Å². The van der Waals surface area contributed by atoms with Crippen molar-refractivity contribution in [2.75, 3.05) is 16.0 Å². The zero-order valence-corrected chi connectivity index (χ0v) is 13.7. The summed E-state index contributed by atoms with van der Waals surface area (Å²) in [6.07, 6.45) is 3.25. The zero-order chi connectivity index (χ0) is 17.5. The number of nitrogens with zero attached hydrogens (tertiary/aromatic N) is 3. The standard InChI is InChI=1S/C18H18N6O/c1-13(25)23-14-5-7-15(8-6-14)24-18-10-17(21-12-22-18)20-11-16-4-2-3-9-19-16/h2-10,12H,11H2,1H3,(H,23,25)(H2,20,21,22,24). The quantitative estimate of drug-likeness (QED) is 0.641. The number of pyridine rings is 1. The molecule has 3 rings (SSSR count). The highest BCUT2D eigenvalue weighted by Gasteiger charge is 2.01. The van der Waals surface area contributed by atoms with Gasteiger partial charge in [0.25, 0.3) is 0 Å². The number of aromatic nitrogens is 3. The molecular weight excluding hydrogens is 316 g/mol. The molecule has 0 atom stereocenters. The Morgan fingerprint density at radius 1 is 0.960 bits per heavy atom. The Kier molecular flexibility index (Phi) is 5.16. The second-order valence-corrected chi connectivity index (χ2v) is 5.35. The number of nitrogens with one attached hydrogen (secondary N) is 3. The minimum atomic E-state index is -0.0971. The molecule has 3 aromatic rings. The first-order valence-electron chi connectivity index (χ1n) is 7.79. The molecule has 0 saturated carbocycles. The van der Waals surface area contributed by atoms with Crippen LogP contribution in [0.15, 0.2) is 61.1 Å². The molecule has 7 nitrogen and oxygen atoms in total. The number of carbonyl (C=O) groups excluding carboxylic acids is 1. The van der Waals surface area contributed by atoms with E-state index < -0.39 is 0 Å². The molecule has 7 heteroatoms. The van der Waals surface area contributed by atoms with Crippen molar-refractivity contribution >= 4 is 28.9 Å². The topological polar surface area (TPSA) is 91.8 Å². The average Bonchev–Trinajstić information content (AvgIpc) is 2.62. The van der Waals surface area contributed by atoms with Gasteiger partial charge in [0.05, 0.1) is 12.2 Å². The third-order valence-corrected chi connectivity index (χ3v) is 3.32. The van der Waals surface area contributed by atoms with Crippen LogP contribution in [0.4, 0.5) is 23.0 Å². The molecule has 0 unspecified atom stereocenters. The first kappa shape index (κ1) is 16.4. The van der Waals surface area contributed by atoms with Gasteiger partial charge in [-0.15, -0.1) is 0 Å². The average molecular weight is 334 g/mol. The van der Waals surface area contributed by atoms with Gasteiger partial charge in [0.15, 0.2) is 0 Å². The molecule has 25 heavy (non-hydrogen) atoms. The van der Waals surface area contributed by atoms with Gasteiger partial charge in [-0.2, -0.15) is 0 Å². The highest BCUT2D eigenvalue weighted by molar-refractivity contribution is 5.88. The van der Waals surface area contributed by atoms with E-state index in [9.17, 15) is 4.79 Å². The van der Waals surface area contributed by atoms with Crippen LogP contribution in [0.25, 0.3) is 0 Å². The molecule has 2 heterocycles. The minimum Gasteiger partial charge on any atom is -0.364 e. The monoisotopic (exact) mass is 334 g/mol. The van der Waals surface area contributed by atoms with Crippen molar-refractivity contribution in [3.63, 3.8) is 0 Å². The van der Waals surface area contributed by atoms with Crippen LogP contribution in [0.1, 0.15) is 12.6 Å². The molecule has 0 radical (unpaired) electrons. The van der Waals surface area contributed by atoms with Crippen LogP contribution in [0.2, 0.25) is 0 Å². The molecule has 1 aromatic carbocycles. The van der Waals surface area contributed by atoms with E-state index >= 15 is 0 Å². The Hall–Kier alpha value is -3.48. The van der Waals surface area contributed by atoms with E-state index in [4.69, 9.17) is 0 Å². The van der Waals surface area contributed by atoms with Crippen molar-refractivity contribution in [2.45, 2.75) is 13.5 Å². The van der Waals surface area contributed by atoms with E-state index in [1.165, 1.54) is 13.3 Å². The van der Waals surface area contributed by atoms with Gasteiger partial charge in [-0.05, 0) is 36.4 Å². The highest BCUT2D eigenvalue weighted by Crippen LogP contribution is 2.19. The van der Waals surface area contributed by atoms with Gasteiger partial charge in [0, 0.05) is 30.6 Å². The fraction of sp³-hybridized carbons (Fsp3) is 0.111. The molecule has 0 aliphatic heterocycles. The second kappa shape index (κ2) is 7.87. The van der Waals surface area contributed by atoms with E-state index in [1.54, 1.807) is 6.20 Å². The van der Waals surface area contributed by atoms with Crippen molar-refractivity contribution in [3.8, 4) is 0 Å². The molecule has 0 fully saturated rings. The normalized spacial score (nSPS) is 10.1. The van der Waals surface area contributed by atoms with Crippen LogP contribution >= 0.6 is 0 Å². The largest absolute Gasteiger partial charge is 0.364 e. The van der Waals surface area contributed by atoms with Crippen LogP contribution in [0, 0.1) is 0 Å². The molecular formula is C18H18N6O. The van der Waals surface area contributed by atoms with Crippen LogP contribution in [0.5, 0.6) is 0 Å². The third kappa shape index (κ3) is 5.00. The number of rotatable bonds is 6. The molecule has 2 aromatic heterocycles. The maximum Gasteiger partial charge on any atom is 0.221 e. The lowest BCUT2D eigenvalue weighted by atomic mass is 10.2. The summed E-state index contributed by atoms with van der Waals surface area (Å²) in [5.41, 5.74) is 2.55. The van der Waals surface area contributed by atoms with Gasteiger partial charge < -0.3 is 16.0 Å². The molecule has 0 bridgehead atoms. The fourth-order valence-corrected chi connectivity index (χ4v) is 2.19. The summed E-state index contributed by atoms with van der Waals surface area (Å²) in [7, 11) is 0. The van der Waals surface area contributed by atoms with Crippen molar-refractivity contribution in [2.24, 2.45) is 0 Å². The number of carbonyl (C=O) groups is 1. The van der Waals surface area contributed by atoms with Crippen molar-refractivity contribution in [1.82, 2.24) is 15.0 Å². The van der Waals surface area contributed by atoms with Crippen LogP contribution in [-0.2, 0) is 11.3 Å². The summed E-state index contributed by atoms with van der Waals surface area (Å²) >= 11 is 0. The van der Waals surface area contributed by atoms with Crippen LogP contribution < -0.4 is 16.0 Å². The lowest BCUT2D eigenvalue weighted by Gasteiger charge is -2.09. The van der Waals surface area contributed by atoms with E-state index in [0.717, 1.165) is 17.1 Å². The number of amides is 1. The summed E-state index contributed by atoms with van der Waals surface area (Å²) in [4.78, 5) is 23.7. The van der Waals surface area contributed by atoms with E-state index in [2.05, 4.69) is 30.9 Å². The first-order valence-corrected chi connectivity index (χ1v) is 7.79. The van der Waals surface area contributed by atoms with Gasteiger partial charge in [0.1, 0.15) is 18.0 Å². The molecule has 126 valence electrons. The third-order valence-electron chi connectivity index (χ3n) is 3.32. The predicted molar refractivity (Wildman–Crippen MR) is 97.6 cm³/mol. The van der Waals surface area contributed by atoms with E-state index in [0.29, 0.717) is 18.2 Å². The highest BCUT2D eigenvalue weighted by atomic mass is 16.1. The van der Waals surface area contributed by atoms with Gasteiger partial charge in [-0.3, -0.25) is 9.78 Å². The van der Waals surface area contributed by atoms with E-state index in [-0.39, 0.29) is 5.91 Å². The Morgan fingerprint density at radius 2 is 1.72 bits per heavy atom. The summed E-state index contributed by atoms with van der Waals surface area (Å²) in [6.45, 7) is 2.06. The Balaban J connectivity index is 1.62. The summed E-state index contributed by atoms with van der Waals surface area (Å²) in [5.74, 6) is 1.28. The first-order chi connectivity index (χ1) is 12.2. The number of benzene rings is 1. The molecule has 0 aliphatic rings. The minimum absolute atomic E-state index is 0.0971. The van der Waals surface area contributed by atoms with Crippen molar-refractivity contribution in [1.29, 1.82) is 0 Å². The van der Waals surface area contributed by atoms with Crippen molar-refractivity contribution < 1.29 is 4.79 Å². The fourth-order valence-electron chi connectivity index (χ4n) is 2.19. The maximum absolute atomic E-state index is 11.0. The van der Waals surface area contributed by atoms with Gasteiger partial charge >= 0.3 is 0 Å². The lowest BCUT2D eigenvalue weighted by molar-refractivity contribution is -0.114. The second-order valence-electron chi connectivity index (χ2n) is 5.35. The lowest BCUT2D eigenvalue weighted by Crippen LogP contribution is -2.05. The summed E-state index contributed by atoms with van der Waals surface area (Å²) in [6, 6.07) is 15.0. The zero-order valence-electron chi connectivity index (χ0n) is 13.7. The molecule has 3 N–H and O–H groups in total. The maximum atomic E-state index is 11.0. The molecule has 0 saturated heterocycles. The Bertz CT molecular complexity index is 836. The van der Waals surface area contributed by atoms with Crippen LogP contribution in [-0.4, -0.2) is 20.9 Å². The number of hydrogen-bond donors (Lipinski definition) is 3. The van der Waals surface area contributed by atoms with Crippen molar-refractivity contribution in [3.05, 3.63) is 66.7 Å². The SMILES string of the molecule is CC(=O)Nc1ccc(Nc2cc(NCc3ccccn3)ncn2)cc1. The number of hydrogen-bond acceptors (Lipinski definition) is 6. The Morgan fingerprint density at radius 3 is 2.44 bits per heavy atom. The molecule has 1 amide bonds. The summed E-state index contributed by atoms with van der Waals surface area (Å²) < 4.78 is 0. The summed E-state index contributed by atoms with van der Waals surface area (Å²) in [5, 5.41) is 9.15. The van der Waals surface area contributed by atoms with Crippen LogP contribution in [0.3, 0.4) is 0 Å². The van der Waals surface area contributed by atoms with Gasteiger partial charge in [-0.25, -0.2) is 9.97 Å². The predicted octanol–water partition coefficient (Wildman–Crippen LogP) is 3.19. The van der Waals surface area contributed by atoms with Gasteiger partial charge in [0.2, 0.25) is 5.91 Å². The number of anilines is 4. The molecule has 0 spiro atoms. The molecule has 0 aliphatic carbocycles. The Labute approximate surface area is 145 Å². The van der Waals surface area contributed by atoms with E-state index in [1.807, 2.05) is 48.5 Å². The smallest absolute Gasteiger partial charge is 0.221 e.